The number of nitrogens with zero attached hydrogens (tertiary/aromatic N) is 4. The standard InChI is InChI=1S/C9H10FN5/c1-2-15-9(12-13-14-15)7-4-3-6(10)5-8(7)11/h3-5H,2,11H2,1H3. The van der Waals surface area contributed by atoms with E-state index in [-0.39, 0.29) is 5.82 Å². The van der Waals surface area contributed by atoms with E-state index in [0.29, 0.717) is 23.6 Å². The Morgan fingerprint density at radius 3 is 2.93 bits per heavy atom. The van der Waals surface area contributed by atoms with Crippen LogP contribution in [-0.4, -0.2) is 20.2 Å². The normalized spacial score (nSPS) is 10.5. The summed E-state index contributed by atoms with van der Waals surface area (Å²) in [6.45, 7) is 2.55. The maximum absolute atomic E-state index is 12.8. The van der Waals surface area contributed by atoms with Crippen LogP contribution in [0.15, 0.2) is 18.2 Å². The summed E-state index contributed by atoms with van der Waals surface area (Å²) in [6.07, 6.45) is 0. The Bertz CT molecular complexity index is 479. The quantitative estimate of drug-likeness (QED) is 0.748. The maximum Gasteiger partial charge on any atom is 0.184 e. The molecule has 1 heterocycles. The molecule has 1 aromatic carbocycles. The largest absolute Gasteiger partial charge is 0.398 e. The van der Waals surface area contributed by atoms with E-state index in [1.165, 1.54) is 12.1 Å². The number of tetrazole rings is 1. The Morgan fingerprint density at radius 1 is 1.47 bits per heavy atom. The number of rotatable bonds is 2. The molecule has 15 heavy (non-hydrogen) atoms. The summed E-state index contributed by atoms with van der Waals surface area (Å²) in [5.41, 5.74) is 6.66. The van der Waals surface area contributed by atoms with Crippen molar-refractivity contribution >= 4 is 5.69 Å². The molecule has 6 heteroatoms. The number of aromatic nitrogens is 4. The Morgan fingerprint density at radius 2 is 2.27 bits per heavy atom. The lowest BCUT2D eigenvalue weighted by Crippen LogP contribution is -2.02. The average molecular weight is 207 g/mol. The Labute approximate surface area is 85.7 Å². The molecule has 0 saturated heterocycles. The first-order valence-corrected chi connectivity index (χ1v) is 4.54. The van der Waals surface area contributed by atoms with Crippen molar-refractivity contribution in [2.24, 2.45) is 0 Å². The summed E-state index contributed by atoms with van der Waals surface area (Å²) >= 11 is 0. The van der Waals surface area contributed by atoms with Gasteiger partial charge in [0.2, 0.25) is 0 Å². The van der Waals surface area contributed by atoms with Crippen molar-refractivity contribution in [1.29, 1.82) is 0 Å². The molecule has 0 aliphatic carbocycles. The topological polar surface area (TPSA) is 69.6 Å². The second-order valence-electron chi connectivity index (χ2n) is 3.05. The van der Waals surface area contributed by atoms with Crippen molar-refractivity contribution in [2.75, 3.05) is 5.73 Å². The molecule has 0 unspecified atom stereocenters. The molecule has 78 valence electrons. The molecular formula is C9H10FN5. The highest BCUT2D eigenvalue weighted by molar-refractivity contribution is 5.71. The van der Waals surface area contributed by atoms with Crippen LogP contribution in [0.1, 0.15) is 6.92 Å². The van der Waals surface area contributed by atoms with E-state index < -0.39 is 0 Å². The number of halogens is 1. The van der Waals surface area contributed by atoms with Crippen molar-refractivity contribution < 1.29 is 4.39 Å². The number of benzene rings is 1. The van der Waals surface area contributed by atoms with E-state index in [1.807, 2.05) is 6.92 Å². The van der Waals surface area contributed by atoms with Gasteiger partial charge in [0.05, 0.1) is 0 Å². The first-order chi connectivity index (χ1) is 7.22. The van der Waals surface area contributed by atoms with E-state index in [0.717, 1.165) is 0 Å². The van der Waals surface area contributed by atoms with E-state index in [1.54, 1.807) is 10.7 Å². The summed E-state index contributed by atoms with van der Waals surface area (Å²) in [6, 6.07) is 4.16. The molecule has 0 amide bonds. The van der Waals surface area contributed by atoms with Crippen molar-refractivity contribution in [1.82, 2.24) is 20.2 Å². The van der Waals surface area contributed by atoms with E-state index in [4.69, 9.17) is 5.73 Å². The van der Waals surface area contributed by atoms with Gasteiger partial charge in [-0.05, 0) is 35.5 Å². The van der Waals surface area contributed by atoms with Crippen LogP contribution in [0.5, 0.6) is 0 Å². The van der Waals surface area contributed by atoms with Crippen molar-refractivity contribution in [2.45, 2.75) is 13.5 Å². The molecule has 0 bridgehead atoms. The van der Waals surface area contributed by atoms with Crippen LogP contribution in [-0.2, 0) is 6.54 Å². The van der Waals surface area contributed by atoms with Crippen LogP contribution >= 0.6 is 0 Å². The van der Waals surface area contributed by atoms with Gasteiger partial charge in [-0.25, -0.2) is 9.07 Å². The lowest BCUT2D eigenvalue weighted by molar-refractivity contribution is 0.626. The third-order valence-electron chi connectivity index (χ3n) is 2.09. The molecule has 2 rings (SSSR count). The summed E-state index contributed by atoms with van der Waals surface area (Å²) < 4.78 is 14.4. The average Bonchev–Trinajstić information content (AvgIpc) is 2.65. The molecule has 5 nitrogen and oxygen atoms in total. The van der Waals surface area contributed by atoms with Gasteiger partial charge in [-0.1, -0.05) is 0 Å². The highest BCUT2D eigenvalue weighted by atomic mass is 19.1. The zero-order valence-corrected chi connectivity index (χ0v) is 8.18. The number of hydrogen-bond donors (Lipinski definition) is 1. The maximum atomic E-state index is 12.8. The van der Waals surface area contributed by atoms with Crippen LogP contribution in [0.25, 0.3) is 11.4 Å². The van der Waals surface area contributed by atoms with Crippen molar-refractivity contribution in [3.8, 4) is 11.4 Å². The third kappa shape index (κ3) is 1.65. The Hall–Kier alpha value is -1.98. The molecule has 0 aliphatic rings. The molecule has 0 radical (unpaired) electrons. The second-order valence-corrected chi connectivity index (χ2v) is 3.05. The minimum atomic E-state index is -0.369. The van der Waals surface area contributed by atoms with Crippen molar-refractivity contribution in [3.63, 3.8) is 0 Å². The first kappa shape index (κ1) is 9.57. The van der Waals surface area contributed by atoms with Gasteiger partial charge in [0.15, 0.2) is 5.82 Å². The fraction of sp³-hybridized carbons (Fsp3) is 0.222. The van der Waals surface area contributed by atoms with Gasteiger partial charge in [-0.2, -0.15) is 0 Å². The summed E-state index contributed by atoms with van der Waals surface area (Å²) in [5, 5.41) is 11.2. The fourth-order valence-electron chi connectivity index (χ4n) is 1.35. The molecule has 2 N–H and O–H groups in total. The van der Waals surface area contributed by atoms with Crippen LogP contribution in [0.2, 0.25) is 0 Å². The third-order valence-corrected chi connectivity index (χ3v) is 2.09. The highest BCUT2D eigenvalue weighted by Crippen LogP contribution is 2.23. The summed E-state index contributed by atoms with van der Waals surface area (Å²) in [7, 11) is 0. The predicted octanol–water partition coefficient (Wildman–Crippen LogP) is 1.08. The van der Waals surface area contributed by atoms with Gasteiger partial charge < -0.3 is 5.73 Å². The van der Waals surface area contributed by atoms with Crippen molar-refractivity contribution in [3.05, 3.63) is 24.0 Å². The van der Waals surface area contributed by atoms with Crippen LogP contribution in [0.3, 0.4) is 0 Å². The second kappa shape index (κ2) is 3.64. The van der Waals surface area contributed by atoms with Crippen LogP contribution in [0, 0.1) is 5.82 Å². The van der Waals surface area contributed by atoms with Crippen LogP contribution in [0.4, 0.5) is 10.1 Å². The van der Waals surface area contributed by atoms with Crippen LogP contribution < -0.4 is 5.73 Å². The molecule has 1 aromatic heterocycles. The number of anilines is 1. The van der Waals surface area contributed by atoms with Gasteiger partial charge in [0.1, 0.15) is 5.82 Å². The summed E-state index contributed by atoms with van der Waals surface area (Å²) in [5.74, 6) is 0.182. The molecule has 0 aliphatic heterocycles. The van der Waals surface area contributed by atoms with E-state index in [2.05, 4.69) is 15.5 Å². The smallest absolute Gasteiger partial charge is 0.184 e. The first-order valence-electron chi connectivity index (χ1n) is 4.54. The summed E-state index contributed by atoms with van der Waals surface area (Å²) in [4.78, 5) is 0. The minimum absolute atomic E-state index is 0.333. The SMILES string of the molecule is CCn1nnnc1-c1ccc(F)cc1N. The van der Waals surface area contributed by atoms with Gasteiger partial charge in [-0.15, -0.1) is 5.10 Å². The van der Waals surface area contributed by atoms with E-state index >= 15 is 0 Å². The molecule has 0 saturated carbocycles. The minimum Gasteiger partial charge on any atom is -0.398 e. The molecule has 0 atom stereocenters. The van der Waals surface area contributed by atoms with Gasteiger partial charge in [0, 0.05) is 17.8 Å². The monoisotopic (exact) mass is 207 g/mol. The van der Waals surface area contributed by atoms with E-state index in [9.17, 15) is 4.39 Å². The zero-order chi connectivity index (χ0) is 10.8. The molecule has 2 aromatic rings. The molecular weight excluding hydrogens is 197 g/mol. The number of aryl methyl sites for hydroxylation is 1. The lowest BCUT2D eigenvalue weighted by atomic mass is 10.1. The Kier molecular flexibility index (Phi) is 2.32. The fourth-order valence-corrected chi connectivity index (χ4v) is 1.35. The molecule has 0 fully saturated rings. The highest BCUT2D eigenvalue weighted by Gasteiger charge is 2.10. The van der Waals surface area contributed by atoms with Gasteiger partial charge in [0.25, 0.3) is 0 Å². The van der Waals surface area contributed by atoms with Gasteiger partial charge >= 0.3 is 0 Å². The number of nitrogens with two attached hydrogens (primary N) is 1. The lowest BCUT2D eigenvalue weighted by Gasteiger charge is -2.04. The Balaban J connectivity index is 2.54. The zero-order valence-electron chi connectivity index (χ0n) is 8.18. The number of nitrogen functional groups attached to an aromatic ring is 1. The number of hydrogen-bond acceptors (Lipinski definition) is 4. The molecule has 0 spiro atoms. The van der Waals surface area contributed by atoms with Gasteiger partial charge in [-0.3, -0.25) is 0 Å². The predicted molar refractivity (Wildman–Crippen MR) is 53.3 cm³/mol.